The largest absolute Gasteiger partial charge is 0.279 e. The molecule has 1 unspecified atom stereocenters. The molecular formula is C11H14ClN3O4S3. The van der Waals surface area contributed by atoms with E-state index in [1.807, 2.05) is 0 Å². The van der Waals surface area contributed by atoms with E-state index in [9.17, 15) is 16.8 Å². The van der Waals surface area contributed by atoms with E-state index >= 15 is 0 Å². The van der Waals surface area contributed by atoms with Gasteiger partial charge >= 0.3 is 0 Å². The second-order valence-electron chi connectivity index (χ2n) is 5.03. The Morgan fingerprint density at radius 1 is 1.55 bits per heavy atom. The van der Waals surface area contributed by atoms with Crippen molar-refractivity contribution in [1.29, 1.82) is 0 Å². The average Bonchev–Trinajstić information content (AvgIpc) is 3.03. The van der Waals surface area contributed by atoms with Gasteiger partial charge in [-0.3, -0.25) is 4.40 Å². The van der Waals surface area contributed by atoms with Crippen LogP contribution in [0.5, 0.6) is 0 Å². The number of sulfone groups is 1. The van der Waals surface area contributed by atoms with Crippen molar-refractivity contribution in [2.24, 2.45) is 0 Å². The molecule has 0 bridgehead atoms. The molecule has 2 aromatic heterocycles. The lowest BCUT2D eigenvalue weighted by Crippen LogP contribution is -2.41. The molecule has 1 saturated heterocycles. The van der Waals surface area contributed by atoms with Crippen LogP contribution in [0, 0.1) is 0 Å². The minimum atomic E-state index is -3.92. The summed E-state index contributed by atoms with van der Waals surface area (Å²) in [4.78, 5) is 4.52. The Hall–Kier alpha value is -0.680. The number of rotatable bonds is 4. The molecule has 2 aromatic rings. The molecule has 7 nitrogen and oxygen atoms in total. The predicted octanol–water partition coefficient (Wildman–Crippen LogP) is 1.25. The molecule has 1 aliphatic heterocycles. The lowest BCUT2D eigenvalue weighted by Gasteiger charge is -2.25. The van der Waals surface area contributed by atoms with Crippen molar-refractivity contribution in [2.75, 3.05) is 18.1 Å². The van der Waals surface area contributed by atoms with E-state index in [4.69, 9.17) is 11.6 Å². The molecule has 0 saturated carbocycles. The Balaban J connectivity index is 2.08. The van der Waals surface area contributed by atoms with Crippen molar-refractivity contribution in [3.05, 3.63) is 16.7 Å². The zero-order chi connectivity index (χ0) is 16.1. The van der Waals surface area contributed by atoms with Gasteiger partial charge in [0.05, 0.1) is 11.5 Å². The molecule has 1 aliphatic rings. The van der Waals surface area contributed by atoms with Crippen LogP contribution in [0.1, 0.15) is 13.3 Å². The highest BCUT2D eigenvalue weighted by atomic mass is 35.5. The first-order valence-electron chi connectivity index (χ1n) is 6.59. The number of thiazole rings is 1. The third-order valence-electron chi connectivity index (χ3n) is 3.66. The van der Waals surface area contributed by atoms with Gasteiger partial charge in [0, 0.05) is 24.2 Å². The molecule has 0 N–H and O–H groups in total. The van der Waals surface area contributed by atoms with Crippen LogP contribution in [0.2, 0.25) is 5.15 Å². The Kier molecular flexibility index (Phi) is 4.01. The highest BCUT2D eigenvalue weighted by molar-refractivity contribution is 7.92. The number of hydrogen-bond donors (Lipinski definition) is 0. The third kappa shape index (κ3) is 2.56. The van der Waals surface area contributed by atoms with Gasteiger partial charge in [0.25, 0.3) is 10.0 Å². The second-order valence-corrected chi connectivity index (χ2v) is 10.3. The SMILES string of the molecule is CCN(C1CCS(=O)(=O)C1)S(=O)(=O)c1c(Cl)nc2sccn12. The Morgan fingerprint density at radius 3 is 2.86 bits per heavy atom. The number of sulfonamides is 1. The normalized spacial score (nSPS) is 21.9. The van der Waals surface area contributed by atoms with E-state index in [2.05, 4.69) is 4.98 Å². The monoisotopic (exact) mass is 383 g/mol. The predicted molar refractivity (Wildman–Crippen MR) is 84.7 cm³/mol. The molecule has 0 aromatic carbocycles. The smallest absolute Gasteiger partial charge is 0.262 e. The molecule has 0 amide bonds. The molecule has 1 fully saturated rings. The summed E-state index contributed by atoms with van der Waals surface area (Å²) < 4.78 is 51.8. The van der Waals surface area contributed by atoms with Gasteiger partial charge in [0.2, 0.25) is 0 Å². The van der Waals surface area contributed by atoms with Gasteiger partial charge in [-0.1, -0.05) is 18.5 Å². The van der Waals surface area contributed by atoms with Crippen LogP contribution in [0.25, 0.3) is 4.96 Å². The molecule has 11 heteroatoms. The van der Waals surface area contributed by atoms with Crippen molar-refractivity contribution in [1.82, 2.24) is 13.7 Å². The van der Waals surface area contributed by atoms with Gasteiger partial charge in [-0.25, -0.2) is 21.8 Å². The van der Waals surface area contributed by atoms with Crippen LogP contribution in [0.3, 0.4) is 0 Å². The first kappa shape index (κ1) is 16.2. The van der Waals surface area contributed by atoms with Crippen LogP contribution >= 0.6 is 22.9 Å². The fraction of sp³-hybridized carbons (Fsp3) is 0.545. The van der Waals surface area contributed by atoms with Gasteiger partial charge < -0.3 is 0 Å². The summed E-state index contributed by atoms with van der Waals surface area (Å²) in [6.45, 7) is 1.86. The van der Waals surface area contributed by atoms with E-state index in [1.165, 1.54) is 20.0 Å². The van der Waals surface area contributed by atoms with Crippen LogP contribution in [0.15, 0.2) is 16.6 Å². The molecule has 1 atom stereocenters. The number of aromatic nitrogens is 2. The molecule has 0 spiro atoms. The summed E-state index contributed by atoms with van der Waals surface area (Å²) in [5.41, 5.74) is 0. The lowest BCUT2D eigenvalue weighted by molar-refractivity contribution is 0.353. The highest BCUT2D eigenvalue weighted by Crippen LogP contribution is 2.30. The highest BCUT2D eigenvalue weighted by Gasteiger charge is 2.40. The number of hydrogen-bond acceptors (Lipinski definition) is 6. The quantitative estimate of drug-likeness (QED) is 0.792. The van der Waals surface area contributed by atoms with Gasteiger partial charge in [-0.15, -0.1) is 11.3 Å². The van der Waals surface area contributed by atoms with Crippen LogP contribution in [0.4, 0.5) is 0 Å². The fourth-order valence-corrected chi connectivity index (χ4v) is 7.61. The van der Waals surface area contributed by atoms with Gasteiger partial charge in [0.15, 0.2) is 25.0 Å². The standard InChI is InChI=1S/C11H14ClN3O4S3/c1-2-15(8-3-6-21(16,17)7-8)22(18,19)10-9(12)13-11-14(10)4-5-20-11/h4-5,8H,2-3,6-7H2,1H3. The molecule has 0 radical (unpaired) electrons. The van der Waals surface area contributed by atoms with Gasteiger partial charge in [-0.2, -0.15) is 4.31 Å². The van der Waals surface area contributed by atoms with Crippen molar-refractivity contribution >= 4 is 47.8 Å². The van der Waals surface area contributed by atoms with Crippen LogP contribution < -0.4 is 0 Å². The minimum Gasteiger partial charge on any atom is -0.279 e. The van der Waals surface area contributed by atoms with E-state index < -0.39 is 25.9 Å². The summed E-state index contributed by atoms with van der Waals surface area (Å²) in [7, 11) is -7.11. The van der Waals surface area contributed by atoms with Crippen molar-refractivity contribution in [3.63, 3.8) is 0 Å². The van der Waals surface area contributed by atoms with E-state index in [-0.39, 0.29) is 28.2 Å². The van der Waals surface area contributed by atoms with E-state index in [0.717, 1.165) is 0 Å². The maximum Gasteiger partial charge on any atom is 0.262 e. The maximum atomic E-state index is 12.9. The molecule has 122 valence electrons. The van der Waals surface area contributed by atoms with Crippen LogP contribution in [-0.2, 0) is 19.9 Å². The first-order chi connectivity index (χ1) is 10.3. The van der Waals surface area contributed by atoms with Gasteiger partial charge in [-0.05, 0) is 6.42 Å². The molecule has 22 heavy (non-hydrogen) atoms. The first-order valence-corrected chi connectivity index (χ1v) is 11.1. The Labute approximate surface area is 137 Å². The van der Waals surface area contributed by atoms with E-state index in [1.54, 1.807) is 18.5 Å². The Bertz CT molecular complexity index is 916. The number of imidazole rings is 1. The van der Waals surface area contributed by atoms with Crippen molar-refractivity contribution < 1.29 is 16.8 Å². The summed E-state index contributed by atoms with van der Waals surface area (Å²) in [6, 6.07) is -0.555. The zero-order valence-corrected chi connectivity index (χ0v) is 14.8. The number of fused-ring (bicyclic) bond motifs is 1. The van der Waals surface area contributed by atoms with Crippen molar-refractivity contribution in [2.45, 2.75) is 24.4 Å². The minimum absolute atomic E-state index is 0.0116. The van der Waals surface area contributed by atoms with Crippen LogP contribution in [-0.4, -0.2) is 54.6 Å². The van der Waals surface area contributed by atoms with E-state index in [0.29, 0.717) is 11.4 Å². The zero-order valence-electron chi connectivity index (χ0n) is 11.6. The third-order valence-corrected chi connectivity index (χ3v) is 8.59. The molecule has 3 rings (SSSR count). The maximum absolute atomic E-state index is 12.9. The van der Waals surface area contributed by atoms with Crippen molar-refractivity contribution in [3.8, 4) is 0 Å². The topological polar surface area (TPSA) is 88.8 Å². The van der Waals surface area contributed by atoms with Gasteiger partial charge in [0.1, 0.15) is 0 Å². The second kappa shape index (κ2) is 5.45. The number of halogens is 1. The molecular weight excluding hydrogens is 370 g/mol. The summed E-state index contributed by atoms with van der Waals surface area (Å²) in [5.74, 6) is -0.138. The number of nitrogens with zero attached hydrogens (tertiary/aromatic N) is 3. The summed E-state index contributed by atoms with van der Waals surface area (Å²) in [6.07, 6.45) is 1.89. The average molecular weight is 384 g/mol. The lowest BCUT2D eigenvalue weighted by atomic mass is 10.3. The molecule has 3 heterocycles. The summed E-state index contributed by atoms with van der Waals surface area (Å²) >= 11 is 7.29. The fourth-order valence-electron chi connectivity index (χ4n) is 2.71. The summed E-state index contributed by atoms with van der Waals surface area (Å²) in [5, 5.41) is 1.52. The molecule has 0 aliphatic carbocycles. The Morgan fingerprint density at radius 2 is 2.27 bits per heavy atom.